The van der Waals surface area contributed by atoms with Crippen LogP contribution in [0.3, 0.4) is 0 Å². The van der Waals surface area contributed by atoms with Gasteiger partial charge in [-0.05, 0) is 19.1 Å². The Morgan fingerprint density at radius 3 is 2.73 bits per heavy atom. The summed E-state index contributed by atoms with van der Waals surface area (Å²) in [7, 11) is 0. The topological polar surface area (TPSA) is 65.4 Å². The average molecular weight is 219 g/mol. The van der Waals surface area contributed by atoms with Crippen LogP contribution in [-0.4, -0.2) is 15.2 Å². The Morgan fingerprint density at radius 2 is 2.27 bits per heavy atom. The van der Waals surface area contributed by atoms with E-state index in [4.69, 9.17) is 16.9 Å². The summed E-state index contributed by atoms with van der Waals surface area (Å²) in [5.41, 5.74) is 2.65. The number of rotatable bonds is 1. The van der Waals surface area contributed by atoms with Crippen molar-refractivity contribution in [2.75, 3.05) is 0 Å². The Kier molecular flexibility index (Phi) is 2.40. The van der Waals surface area contributed by atoms with Gasteiger partial charge in [0.15, 0.2) is 0 Å². The van der Waals surface area contributed by atoms with Crippen LogP contribution in [0, 0.1) is 18.3 Å². The molecule has 0 bridgehead atoms. The van der Waals surface area contributed by atoms with E-state index in [1.807, 2.05) is 13.0 Å². The molecule has 0 spiro atoms. The van der Waals surface area contributed by atoms with E-state index in [1.165, 1.54) is 0 Å². The van der Waals surface area contributed by atoms with Crippen LogP contribution < -0.4 is 0 Å². The molecule has 2 aromatic heterocycles. The molecule has 74 valence electrons. The molecule has 0 aliphatic heterocycles. The van der Waals surface area contributed by atoms with Crippen molar-refractivity contribution in [1.29, 1.82) is 5.26 Å². The molecule has 1 N–H and O–H groups in total. The summed E-state index contributed by atoms with van der Waals surface area (Å²) >= 11 is 6.03. The molecule has 4 nitrogen and oxygen atoms in total. The number of aromatic nitrogens is 3. The van der Waals surface area contributed by atoms with Crippen LogP contribution in [0.25, 0.3) is 11.3 Å². The van der Waals surface area contributed by atoms with Gasteiger partial charge in [0.25, 0.3) is 0 Å². The Hall–Kier alpha value is -1.86. The Bertz CT molecular complexity index is 521. The maximum Gasteiger partial charge on any atom is 0.140 e. The van der Waals surface area contributed by atoms with Crippen molar-refractivity contribution in [3.63, 3.8) is 0 Å². The van der Waals surface area contributed by atoms with E-state index in [-0.39, 0.29) is 0 Å². The van der Waals surface area contributed by atoms with Crippen molar-refractivity contribution in [3.05, 3.63) is 34.7 Å². The Labute approximate surface area is 91.5 Å². The molecular weight excluding hydrogens is 212 g/mol. The maximum absolute atomic E-state index is 8.60. The minimum atomic E-state index is 0.377. The average Bonchev–Trinajstić information content (AvgIpc) is 2.60. The van der Waals surface area contributed by atoms with Gasteiger partial charge in [-0.2, -0.15) is 10.4 Å². The van der Waals surface area contributed by atoms with E-state index in [0.29, 0.717) is 16.4 Å². The van der Waals surface area contributed by atoms with Crippen molar-refractivity contribution >= 4 is 11.6 Å². The third kappa shape index (κ3) is 1.69. The fourth-order valence-corrected chi connectivity index (χ4v) is 1.40. The number of halogens is 1. The lowest BCUT2D eigenvalue weighted by atomic mass is 10.2. The highest BCUT2D eigenvalue weighted by Crippen LogP contribution is 2.27. The van der Waals surface area contributed by atoms with E-state index in [2.05, 4.69) is 15.2 Å². The van der Waals surface area contributed by atoms with Crippen LogP contribution in [0.1, 0.15) is 11.4 Å². The monoisotopic (exact) mass is 218 g/mol. The maximum atomic E-state index is 8.60. The fraction of sp³-hybridized carbons (Fsp3) is 0.100. The highest BCUT2D eigenvalue weighted by Gasteiger charge is 2.09. The van der Waals surface area contributed by atoms with Gasteiger partial charge in [0.2, 0.25) is 0 Å². The number of pyridine rings is 1. The summed E-state index contributed by atoms with van der Waals surface area (Å²) in [4.78, 5) is 3.95. The summed E-state index contributed by atoms with van der Waals surface area (Å²) < 4.78 is 0. The number of aryl methyl sites for hydroxylation is 1. The number of hydrogen-bond donors (Lipinski definition) is 1. The third-order valence-corrected chi connectivity index (χ3v) is 2.49. The molecule has 0 atom stereocenters. The molecule has 0 saturated heterocycles. The van der Waals surface area contributed by atoms with Crippen molar-refractivity contribution < 1.29 is 0 Å². The quantitative estimate of drug-likeness (QED) is 0.799. The number of hydrogen-bond acceptors (Lipinski definition) is 3. The largest absolute Gasteiger partial charge is 0.281 e. The number of H-pyrrole nitrogens is 1. The van der Waals surface area contributed by atoms with E-state index in [0.717, 1.165) is 11.3 Å². The van der Waals surface area contributed by atoms with Gasteiger partial charge in [-0.3, -0.25) is 5.10 Å². The second-order valence-corrected chi connectivity index (χ2v) is 3.43. The molecule has 0 fully saturated rings. The van der Waals surface area contributed by atoms with Crippen LogP contribution >= 0.6 is 11.6 Å². The van der Waals surface area contributed by atoms with Crippen LogP contribution in [0.15, 0.2) is 18.3 Å². The minimum absolute atomic E-state index is 0.377. The van der Waals surface area contributed by atoms with E-state index in [9.17, 15) is 0 Å². The molecule has 0 saturated carbocycles. The molecule has 2 heterocycles. The molecule has 5 heteroatoms. The van der Waals surface area contributed by atoms with E-state index >= 15 is 0 Å². The van der Waals surface area contributed by atoms with E-state index < -0.39 is 0 Å². The van der Waals surface area contributed by atoms with Crippen LogP contribution in [0.5, 0.6) is 0 Å². The molecule has 0 aromatic carbocycles. The summed E-state index contributed by atoms with van der Waals surface area (Å²) in [5, 5.41) is 16.0. The van der Waals surface area contributed by atoms with Crippen LogP contribution in [-0.2, 0) is 0 Å². The highest BCUT2D eigenvalue weighted by atomic mass is 35.5. The first-order chi connectivity index (χ1) is 7.22. The first kappa shape index (κ1) is 9.69. The number of nitrogens with zero attached hydrogens (tertiary/aromatic N) is 3. The van der Waals surface area contributed by atoms with Gasteiger partial charge in [-0.15, -0.1) is 0 Å². The summed E-state index contributed by atoms with van der Waals surface area (Å²) in [6.07, 6.45) is 1.58. The van der Waals surface area contributed by atoms with Crippen molar-refractivity contribution in [2.24, 2.45) is 0 Å². The minimum Gasteiger partial charge on any atom is -0.281 e. The van der Waals surface area contributed by atoms with Gasteiger partial charge >= 0.3 is 0 Å². The summed E-state index contributed by atoms with van der Waals surface area (Å²) in [5.74, 6) is 0. The Morgan fingerprint density at radius 1 is 1.47 bits per heavy atom. The molecule has 15 heavy (non-hydrogen) atoms. The Balaban J connectivity index is 2.47. The smallest absolute Gasteiger partial charge is 0.140 e. The fourth-order valence-electron chi connectivity index (χ4n) is 1.21. The van der Waals surface area contributed by atoms with Crippen LogP contribution in [0.4, 0.5) is 0 Å². The van der Waals surface area contributed by atoms with Gasteiger partial charge < -0.3 is 0 Å². The second kappa shape index (κ2) is 3.71. The van der Waals surface area contributed by atoms with Crippen molar-refractivity contribution in [3.8, 4) is 17.3 Å². The molecule has 0 unspecified atom stereocenters. The lowest BCUT2D eigenvalue weighted by Crippen LogP contribution is -1.84. The first-order valence-electron chi connectivity index (χ1n) is 4.29. The molecule has 2 rings (SSSR count). The lowest BCUT2D eigenvalue weighted by molar-refractivity contribution is 1.05. The molecule has 0 aliphatic rings. The summed E-state index contributed by atoms with van der Waals surface area (Å²) in [6, 6.07) is 5.36. The van der Waals surface area contributed by atoms with Gasteiger partial charge in [0.05, 0.1) is 10.7 Å². The number of nitrogens with one attached hydrogen (secondary N) is 1. The zero-order valence-corrected chi connectivity index (χ0v) is 8.71. The SMILES string of the molecule is Cc1[nH]nc(-c2ccc(C#N)nc2)c1Cl. The van der Waals surface area contributed by atoms with Crippen molar-refractivity contribution in [2.45, 2.75) is 6.92 Å². The van der Waals surface area contributed by atoms with Gasteiger partial charge in [0.1, 0.15) is 17.5 Å². The van der Waals surface area contributed by atoms with Gasteiger partial charge in [-0.25, -0.2) is 4.98 Å². The first-order valence-corrected chi connectivity index (χ1v) is 4.67. The third-order valence-electron chi connectivity index (χ3n) is 2.02. The zero-order valence-electron chi connectivity index (χ0n) is 7.95. The summed E-state index contributed by atoms with van der Waals surface area (Å²) in [6.45, 7) is 1.84. The number of nitriles is 1. The van der Waals surface area contributed by atoms with Gasteiger partial charge in [-0.1, -0.05) is 11.6 Å². The predicted molar refractivity (Wildman–Crippen MR) is 56.3 cm³/mol. The lowest BCUT2D eigenvalue weighted by Gasteiger charge is -1.96. The van der Waals surface area contributed by atoms with Gasteiger partial charge in [0, 0.05) is 11.8 Å². The highest BCUT2D eigenvalue weighted by molar-refractivity contribution is 6.33. The van der Waals surface area contributed by atoms with E-state index in [1.54, 1.807) is 18.3 Å². The molecule has 0 aliphatic carbocycles. The van der Waals surface area contributed by atoms with Crippen molar-refractivity contribution in [1.82, 2.24) is 15.2 Å². The second-order valence-electron chi connectivity index (χ2n) is 3.06. The standard InChI is InChI=1S/C10H7ClN4/c1-6-9(11)10(15-14-6)7-2-3-8(4-12)13-5-7/h2-3,5H,1H3,(H,14,15). The molecular formula is C10H7ClN4. The van der Waals surface area contributed by atoms with Crippen LogP contribution in [0.2, 0.25) is 5.02 Å². The predicted octanol–water partition coefficient (Wildman–Crippen LogP) is 2.31. The molecule has 0 radical (unpaired) electrons. The molecule has 0 amide bonds. The normalized spacial score (nSPS) is 9.93. The zero-order chi connectivity index (χ0) is 10.8. The molecule has 2 aromatic rings. The number of aromatic amines is 1.